The summed E-state index contributed by atoms with van der Waals surface area (Å²) in [6.07, 6.45) is 0.913. The van der Waals surface area contributed by atoms with E-state index in [0.29, 0.717) is 19.1 Å². The van der Waals surface area contributed by atoms with E-state index in [1.807, 2.05) is 0 Å². The van der Waals surface area contributed by atoms with Gasteiger partial charge in [0.1, 0.15) is 0 Å². The molecule has 5 heteroatoms. The molecule has 12 heavy (non-hydrogen) atoms. The lowest BCUT2D eigenvalue weighted by molar-refractivity contribution is -0.120. The van der Waals surface area contributed by atoms with Crippen molar-refractivity contribution in [3.8, 4) is 0 Å². The van der Waals surface area contributed by atoms with Gasteiger partial charge in [0.25, 0.3) is 0 Å². The molecule has 0 bridgehead atoms. The second kappa shape index (κ2) is 5.29. The molecule has 0 aromatic carbocycles. The Bertz CT molecular complexity index is 145. The van der Waals surface area contributed by atoms with Crippen LogP contribution in [-0.2, 0) is 4.79 Å². The zero-order valence-corrected chi connectivity index (χ0v) is 8.98. The molecule has 3 N–H and O–H groups in total. The summed E-state index contributed by atoms with van der Waals surface area (Å²) in [5, 5.41) is 5.57. The number of rotatable bonds is 5. The molecular formula is C7H18N2O2Si. The Kier molecular flexibility index (Phi) is 5.11. The second-order valence-corrected chi connectivity index (χ2v) is 7.42. The van der Waals surface area contributed by atoms with Crippen molar-refractivity contribution in [3.63, 3.8) is 0 Å². The van der Waals surface area contributed by atoms with E-state index in [-0.39, 0.29) is 5.91 Å². The summed E-state index contributed by atoms with van der Waals surface area (Å²) in [7, 11) is -0.308. The normalized spacial score (nSPS) is 11.3. The van der Waals surface area contributed by atoms with Crippen LogP contribution in [0.1, 0.15) is 6.42 Å². The van der Waals surface area contributed by atoms with Gasteiger partial charge < -0.3 is 15.4 Å². The second-order valence-electron chi connectivity index (χ2n) is 3.44. The summed E-state index contributed by atoms with van der Waals surface area (Å²) in [4.78, 5) is 20.4. The molecule has 0 heterocycles. The average Bonchev–Trinajstić information content (AvgIpc) is 1.95. The number of hydrogen-bond donors (Lipinski definition) is 3. The number of carbonyl (C=O) groups excluding carboxylic acids is 1. The van der Waals surface area contributed by atoms with Gasteiger partial charge in [-0.05, 0) is 20.1 Å². The Balaban J connectivity index is 3.44. The minimum Gasteiger partial charge on any atom is -0.431 e. The highest BCUT2D eigenvalue weighted by Gasteiger charge is 2.17. The largest absolute Gasteiger partial charge is 0.431 e. The van der Waals surface area contributed by atoms with Gasteiger partial charge in [0.05, 0.1) is 0 Å². The van der Waals surface area contributed by atoms with Crippen LogP contribution < -0.4 is 10.6 Å². The van der Waals surface area contributed by atoms with Crippen molar-refractivity contribution in [2.24, 2.45) is 0 Å². The highest BCUT2D eigenvalue weighted by atomic mass is 28.4. The van der Waals surface area contributed by atoms with Gasteiger partial charge in [-0.25, -0.2) is 0 Å². The minimum atomic E-state index is -2.11. The van der Waals surface area contributed by atoms with Crippen molar-refractivity contribution in [2.45, 2.75) is 19.5 Å². The molecule has 0 spiro atoms. The van der Waals surface area contributed by atoms with E-state index in [9.17, 15) is 9.59 Å². The first-order chi connectivity index (χ1) is 5.45. The van der Waals surface area contributed by atoms with Crippen molar-refractivity contribution < 1.29 is 9.59 Å². The van der Waals surface area contributed by atoms with Crippen LogP contribution in [0.3, 0.4) is 0 Å². The molecule has 0 aliphatic carbocycles. The van der Waals surface area contributed by atoms with Crippen LogP contribution in [0.15, 0.2) is 0 Å². The van der Waals surface area contributed by atoms with E-state index in [2.05, 4.69) is 10.6 Å². The summed E-state index contributed by atoms with van der Waals surface area (Å²) in [6.45, 7) is 4.27. The molecule has 0 rings (SSSR count). The van der Waals surface area contributed by atoms with Crippen molar-refractivity contribution in [3.05, 3.63) is 0 Å². The summed E-state index contributed by atoms with van der Waals surface area (Å²) in [5.41, 5.74) is 0. The summed E-state index contributed by atoms with van der Waals surface area (Å²) in [6, 6.07) is 0. The molecule has 0 unspecified atom stereocenters. The Morgan fingerprint density at radius 3 is 2.50 bits per heavy atom. The summed E-state index contributed by atoms with van der Waals surface area (Å²) < 4.78 is 0. The first-order valence-electron chi connectivity index (χ1n) is 4.09. The topological polar surface area (TPSA) is 61.4 Å². The molecule has 0 saturated carbocycles. The number of amides is 1. The van der Waals surface area contributed by atoms with Crippen LogP contribution in [0.4, 0.5) is 0 Å². The quantitative estimate of drug-likeness (QED) is 0.510. The fraction of sp³-hybridized carbons (Fsp3) is 0.857. The van der Waals surface area contributed by atoms with E-state index in [4.69, 9.17) is 0 Å². The average molecular weight is 190 g/mol. The lowest BCUT2D eigenvalue weighted by atomic mass is 10.4. The Morgan fingerprint density at radius 2 is 2.08 bits per heavy atom. The molecule has 0 aromatic heterocycles. The number of carbonyl (C=O) groups is 1. The molecule has 0 fully saturated rings. The number of nitrogens with one attached hydrogen (secondary N) is 2. The molecule has 0 radical (unpaired) electrons. The molecule has 4 nitrogen and oxygen atoms in total. The highest BCUT2D eigenvalue weighted by molar-refractivity contribution is 6.70. The Morgan fingerprint density at radius 1 is 1.50 bits per heavy atom. The van der Waals surface area contributed by atoms with Crippen LogP contribution in [0.2, 0.25) is 13.1 Å². The molecule has 0 aliphatic heterocycles. The lowest BCUT2D eigenvalue weighted by Gasteiger charge is -2.14. The molecule has 0 saturated heterocycles. The van der Waals surface area contributed by atoms with Gasteiger partial charge >= 0.3 is 0 Å². The molecule has 72 valence electrons. The lowest BCUT2D eigenvalue weighted by Crippen LogP contribution is -2.42. The van der Waals surface area contributed by atoms with Crippen molar-refractivity contribution in [2.75, 3.05) is 19.8 Å². The van der Waals surface area contributed by atoms with Crippen LogP contribution in [0.25, 0.3) is 0 Å². The van der Waals surface area contributed by atoms with Gasteiger partial charge in [0.15, 0.2) is 0 Å². The molecular weight excluding hydrogens is 172 g/mol. The van der Waals surface area contributed by atoms with Crippen molar-refractivity contribution in [1.82, 2.24) is 10.6 Å². The van der Waals surface area contributed by atoms with E-state index < -0.39 is 8.32 Å². The van der Waals surface area contributed by atoms with Gasteiger partial charge in [-0.2, -0.15) is 0 Å². The van der Waals surface area contributed by atoms with Gasteiger partial charge in [0, 0.05) is 19.1 Å². The first-order valence-corrected chi connectivity index (χ1v) is 7.25. The van der Waals surface area contributed by atoms with Gasteiger partial charge in [-0.15, -0.1) is 0 Å². The van der Waals surface area contributed by atoms with E-state index in [1.54, 1.807) is 20.1 Å². The molecule has 0 atom stereocenters. The predicted octanol–water partition coefficient (Wildman–Crippen LogP) is -0.551. The standard InChI is InChI=1S/C7H18N2O2Si/c1-8-5-4-7(10)9-6-12(2,3)11/h8,11H,4-6H2,1-3H3,(H,9,10). The zero-order chi connectivity index (χ0) is 9.61. The van der Waals surface area contributed by atoms with E-state index in [1.165, 1.54) is 0 Å². The fourth-order valence-corrected chi connectivity index (χ4v) is 1.27. The van der Waals surface area contributed by atoms with Gasteiger partial charge in [-0.3, -0.25) is 4.79 Å². The summed E-state index contributed by atoms with van der Waals surface area (Å²) >= 11 is 0. The number of hydrogen-bond acceptors (Lipinski definition) is 3. The van der Waals surface area contributed by atoms with Gasteiger partial charge in [0.2, 0.25) is 14.2 Å². The summed E-state index contributed by atoms with van der Waals surface area (Å²) in [5.74, 6) is -0.000949. The SMILES string of the molecule is CNCCC(=O)NC[Si](C)(C)O. The Labute approximate surface area is 74.5 Å². The van der Waals surface area contributed by atoms with Crippen LogP contribution in [0.5, 0.6) is 0 Å². The Hall–Kier alpha value is -0.393. The van der Waals surface area contributed by atoms with Crippen LogP contribution in [-0.4, -0.2) is 38.8 Å². The predicted molar refractivity (Wildman–Crippen MR) is 51.3 cm³/mol. The van der Waals surface area contributed by atoms with Crippen LogP contribution in [0, 0.1) is 0 Å². The molecule has 0 aromatic rings. The highest BCUT2D eigenvalue weighted by Crippen LogP contribution is 1.92. The zero-order valence-electron chi connectivity index (χ0n) is 7.98. The third-order valence-electron chi connectivity index (χ3n) is 1.32. The third kappa shape index (κ3) is 7.71. The first kappa shape index (κ1) is 11.6. The van der Waals surface area contributed by atoms with Gasteiger partial charge in [-0.1, -0.05) is 0 Å². The molecule has 0 aliphatic rings. The maximum atomic E-state index is 11.0. The maximum Gasteiger partial charge on any atom is 0.221 e. The van der Waals surface area contributed by atoms with Crippen molar-refractivity contribution in [1.29, 1.82) is 0 Å². The molecule has 1 amide bonds. The van der Waals surface area contributed by atoms with E-state index >= 15 is 0 Å². The van der Waals surface area contributed by atoms with Crippen molar-refractivity contribution >= 4 is 14.2 Å². The maximum absolute atomic E-state index is 11.0. The van der Waals surface area contributed by atoms with Crippen LogP contribution >= 0.6 is 0 Å². The van der Waals surface area contributed by atoms with E-state index in [0.717, 1.165) is 0 Å². The smallest absolute Gasteiger partial charge is 0.221 e. The third-order valence-corrected chi connectivity index (χ3v) is 2.36. The minimum absolute atomic E-state index is 0.000949. The monoisotopic (exact) mass is 190 g/mol. The fourth-order valence-electron chi connectivity index (χ4n) is 0.642.